The van der Waals surface area contributed by atoms with Gasteiger partial charge in [-0.1, -0.05) is 87.0 Å². The lowest BCUT2D eigenvalue weighted by molar-refractivity contribution is -0.162. The number of hydrogen-bond donors (Lipinski definition) is 6. The van der Waals surface area contributed by atoms with Gasteiger partial charge in [0.1, 0.15) is 31.0 Å². The first-order valence-electron chi connectivity index (χ1n) is 45.0. The van der Waals surface area contributed by atoms with Crippen molar-refractivity contribution in [3.8, 4) is 0 Å². The van der Waals surface area contributed by atoms with Gasteiger partial charge in [-0.15, -0.1) is 0 Å². The van der Waals surface area contributed by atoms with E-state index in [2.05, 4.69) is 6.92 Å². The van der Waals surface area contributed by atoms with Gasteiger partial charge >= 0.3 is 35.8 Å². The number of carbonyl (C=O) groups excluding carboxylic acids is 6. The van der Waals surface area contributed by atoms with E-state index in [-0.39, 0.29) is 83.1 Å². The number of aliphatic hydroxyl groups is 6. The molecule has 6 fully saturated rings. The van der Waals surface area contributed by atoms with Gasteiger partial charge in [0.25, 0.3) is 0 Å². The Morgan fingerprint density at radius 3 is 0.812 bits per heavy atom. The number of ether oxygens (including phenoxy) is 6. The maximum atomic E-state index is 12.3. The third-order valence-electron chi connectivity index (χ3n) is 27.3. The van der Waals surface area contributed by atoms with Crippen molar-refractivity contribution in [2.75, 3.05) is 13.2 Å². The van der Waals surface area contributed by atoms with Crippen molar-refractivity contribution in [3.63, 3.8) is 0 Å². The molecule has 6 aliphatic carbocycles. The van der Waals surface area contributed by atoms with E-state index >= 15 is 0 Å². The standard InChI is InChI=1S/2C18H34O3.C17H32O3.C16H30O3.C13H24O3.C12H22O3/c1-6-17(2,3)16(19)21-15-11-9-7-8-10-14(12-13-15)18(4,5)20;1-6-17(3,4)16(19)21-15-12-8-10-14(11-9-13-15)18(5,20)7-2;1-6-16(2,3)15(18)20-14-11-7-9-13(10-8-12-14)17(4,5)19;1-6-15(2,3)14(17)19-13-9-7-8-12(10-11-13)16(4,5)18;1-4-12(2,3)11(14)16-10-9-13(15)7-5-6-8-13;1-4-11(2,3)10(13)15-9-12(14)7-5-6-8-12/h2*14-15,20H,6-13H2,1-5H3;13-14,19H,6-12H2,1-5H3;12-13,18H,6-11H2,1-5H3;15H,4-10H2,1-3H3;14H,4-9H2,1-3H3. The van der Waals surface area contributed by atoms with Crippen molar-refractivity contribution < 1.29 is 87.8 Å². The van der Waals surface area contributed by atoms with E-state index in [0.717, 1.165) is 250 Å². The lowest BCUT2D eigenvalue weighted by atomic mass is 9.78. The highest BCUT2D eigenvalue weighted by Gasteiger charge is 2.41. The highest BCUT2D eigenvalue weighted by atomic mass is 16.6. The predicted octanol–water partition coefficient (Wildman–Crippen LogP) is 21.6. The summed E-state index contributed by atoms with van der Waals surface area (Å²) in [4.78, 5) is 72.0. The van der Waals surface area contributed by atoms with Crippen LogP contribution in [0.1, 0.15) is 437 Å². The molecule has 0 heterocycles. The van der Waals surface area contributed by atoms with Gasteiger partial charge < -0.3 is 59.1 Å². The summed E-state index contributed by atoms with van der Waals surface area (Å²) < 4.78 is 33.3. The summed E-state index contributed by atoms with van der Waals surface area (Å²) in [6.07, 6.45) is 37.8. The molecule has 0 aromatic carbocycles. The van der Waals surface area contributed by atoms with Gasteiger partial charge in [-0.3, -0.25) is 28.8 Å². The van der Waals surface area contributed by atoms with Crippen molar-refractivity contribution in [2.24, 2.45) is 56.2 Å². The Balaban J connectivity index is 0.000000675. The maximum absolute atomic E-state index is 12.3. The monoisotopic (exact) mass is 1590 g/mol. The molecule has 0 bridgehead atoms. The van der Waals surface area contributed by atoms with E-state index in [9.17, 15) is 59.4 Å². The molecule has 0 radical (unpaired) electrons. The molecule has 0 aliphatic heterocycles. The molecule has 18 nitrogen and oxygen atoms in total. The molecule has 6 aliphatic rings. The Labute approximate surface area is 684 Å². The summed E-state index contributed by atoms with van der Waals surface area (Å²) in [6, 6.07) is 0. The van der Waals surface area contributed by atoms with Crippen LogP contribution in [-0.2, 0) is 57.2 Å². The molecule has 0 saturated heterocycles. The SMILES string of the molecule is CCC(C)(C)C(=O)OC1CCCC(C(C)(C)O)CC1.CCC(C)(C)C(=O)OC1CCCC(C(C)(C)O)CCC1.CCC(C)(C)C(=O)OC1CCCC(C(C)(O)CC)CCC1.CCC(C)(C)C(=O)OC1CCCCCC(C(C)(C)O)CC1.CCC(C)(C)C(=O)OCC1(O)CCCC1.CCC(C)(C)C(=O)OCCC1(O)CCCC1. The normalized spacial score (nSPS) is 24.4. The van der Waals surface area contributed by atoms with Crippen LogP contribution in [0.3, 0.4) is 0 Å². The Kier molecular flexibility index (Phi) is 46.2. The van der Waals surface area contributed by atoms with Crippen LogP contribution in [0.5, 0.6) is 0 Å². The van der Waals surface area contributed by atoms with Gasteiger partial charge in [0.2, 0.25) is 0 Å². The summed E-state index contributed by atoms with van der Waals surface area (Å²) in [5.41, 5.74) is -6.10. The largest absolute Gasteiger partial charge is 0.465 e. The maximum Gasteiger partial charge on any atom is 0.311 e. The molecular formula is C94H176O18. The van der Waals surface area contributed by atoms with Gasteiger partial charge in [-0.25, -0.2) is 0 Å². The van der Waals surface area contributed by atoms with Gasteiger partial charge in [-0.05, 0) is 367 Å². The van der Waals surface area contributed by atoms with E-state index in [1.54, 1.807) is 0 Å². The Morgan fingerprint density at radius 2 is 0.518 bits per heavy atom. The summed E-state index contributed by atoms with van der Waals surface area (Å²) in [6.45, 7) is 51.0. The molecule has 0 aromatic rings. The molecule has 6 saturated carbocycles. The molecule has 0 aromatic heterocycles. The van der Waals surface area contributed by atoms with Crippen LogP contribution in [0, 0.1) is 56.2 Å². The molecule has 0 spiro atoms. The first-order chi connectivity index (χ1) is 51.5. The minimum atomic E-state index is -0.751. The van der Waals surface area contributed by atoms with E-state index in [1.165, 1.54) is 0 Å². The van der Waals surface area contributed by atoms with Crippen molar-refractivity contribution in [3.05, 3.63) is 0 Å². The lowest BCUT2D eigenvalue weighted by Gasteiger charge is -2.35. The number of hydrogen-bond acceptors (Lipinski definition) is 18. The predicted molar refractivity (Wildman–Crippen MR) is 452 cm³/mol. The minimum absolute atomic E-state index is 0.0197. The highest BCUT2D eigenvalue weighted by Crippen LogP contribution is 2.40. The fraction of sp³-hybridized carbons (Fsp3) is 0.936. The van der Waals surface area contributed by atoms with Crippen LogP contribution in [0.4, 0.5) is 0 Å². The quantitative estimate of drug-likeness (QED) is 0.0267. The third kappa shape index (κ3) is 39.9. The van der Waals surface area contributed by atoms with Gasteiger partial charge in [-0.2, -0.15) is 0 Å². The fourth-order valence-electron chi connectivity index (χ4n) is 14.8. The first kappa shape index (κ1) is 107. The smallest absolute Gasteiger partial charge is 0.311 e. The zero-order valence-electron chi connectivity index (χ0n) is 76.9. The number of carbonyl (C=O) groups is 6. The van der Waals surface area contributed by atoms with E-state index < -0.39 is 49.9 Å². The van der Waals surface area contributed by atoms with Crippen LogP contribution in [0.25, 0.3) is 0 Å². The van der Waals surface area contributed by atoms with E-state index in [0.29, 0.717) is 36.7 Å². The molecule has 5 unspecified atom stereocenters. The van der Waals surface area contributed by atoms with Crippen LogP contribution < -0.4 is 0 Å². The Morgan fingerprint density at radius 1 is 0.277 bits per heavy atom. The molecule has 5 atom stereocenters. The van der Waals surface area contributed by atoms with Crippen LogP contribution in [-0.4, -0.2) is 138 Å². The average molecular weight is 1590 g/mol. The average Bonchev–Trinajstić information content (AvgIpc) is 1.40. The zero-order chi connectivity index (χ0) is 86.0. The number of esters is 6. The van der Waals surface area contributed by atoms with Crippen LogP contribution >= 0.6 is 0 Å². The molecule has 112 heavy (non-hydrogen) atoms. The molecule has 6 rings (SSSR count). The van der Waals surface area contributed by atoms with Crippen molar-refractivity contribution in [2.45, 2.75) is 495 Å². The summed E-state index contributed by atoms with van der Waals surface area (Å²) in [5, 5.41) is 61.0. The summed E-state index contributed by atoms with van der Waals surface area (Å²) in [7, 11) is 0. The zero-order valence-corrected chi connectivity index (χ0v) is 76.9. The second-order valence-electron chi connectivity index (χ2n) is 40.8. The lowest BCUT2D eigenvalue weighted by Crippen LogP contribution is -2.36. The van der Waals surface area contributed by atoms with Crippen LogP contribution in [0.2, 0.25) is 0 Å². The summed E-state index contributed by atoms with van der Waals surface area (Å²) >= 11 is 0. The van der Waals surface area contributed by atoms with Gasteiger partial charge in [0, 0.05) is 6.42 Å². The second kappa shape index (κ2) is 48.6. The van der Waals surface area contributed by atoms with Gasteiger partial charge in [0.15, 0.2) is 0 Å². The first-order valence-corrected chi connectivity index (χ1v) is 45.0. The number of rotatable bonds is 26. The topological polar surface area (TPSA) is 279 Å². The molecule has 18 heteroatoms. The molecule has 6 N–H and O–H groups in total. The molecule has 660 valence electrons. The second-order valence-corrected chi connectivity index (χ2v) is 40.8. The third-order valence-corrected chi connectivity index (χ3v) is 27.3. The van der Waals surface area contributed by atoms with E-state index in [4.69, 9.17) is 28.4 Å². The van der Waals surface area contributed by atoms with E-state index in [1.807, 2.05) is 173 Å². The molecular weight excluding hydrogens is 1420 g/mol. The van der Waals surface area contributed by atoms with Crippen LogP contribution in [0.15, 0.2) is 0 Å². The Hall–Kier alpha value is -3.42. The highest BCUT2D eigenvalue weighted by molar-refractivity contribution is 5.78. The van der Waals surface area contributed by atoms with Crippen molar-refractivity contribution >= 4 is 35.8 Å². The minimum Gasteiger partial charge on any atom is -0.465 e. The molecule has 0 amide bonds. The summed E-state index contributed by atoms with van der Waals surface area (Å²) in [5.74, 6) is 0.721. The van der Waals surface area contributed by atoms with Crippen molar-refractivity contribution in [1.82, 2.24) is 0 Å². The van der Waals surface area contributed by atoms with Crippen molar-refractivity contribution in [1.29, 1.82) is 0 Å². The Bertz CT molecular complexity index is 2650. The van der Waals surface area contributed by atoms with Gasteiger partial charge in [0.05, 0.1) is 72.7 Å². The fourth-order valence-corrected chi connectivity index (χ4v) is 14.8.